The Bertz CT molecular complexity index is 680. The Kier molecular flexibility index (Phi) is 5.13. The lowest BCUT2D eigenvalue weighted by Crippen LogP contribution is -2.30. The molecule has 1 aromatic rings. The molecule has 0 aliphatic carbocycles. The van der Waals surface area contributed by atoms with Gasteiger partial charge in [0.15, 0.2) is 0 Å². The molecule has 1 aliphatic rings. The highest BCUT2D eigenvalue weighted by Gasteiger charge is 2.20. The standard InChI is InChI=1S/C16H20N2O3S/c1-10(8-13-11(2)9-15(19)18-17-13)12-6-5-7-14(22(4)20)16(12)21-3/h5-8,11H,9H2,1-4H3,(H,18,19). The highest BCUT2D eigenvalue weighted by molar-refractivity contribution is 7.84. The van der Waals surface area contributed by atoms with Crippen molar-refractivity contribution in [1.29, 1.82) is 0 Å². The van der Waals surface area contributed by atoms with Crippen LogP contribution in [0.5, 0.6) is 5.75 Å². The van der Waals surface area contributed by atoms with Gasteiger partial charge in [0.25, 0.3) is 0 Å². The maximum atomic E-state index is 11.8. The molecule has 0 aromatic heterocycles. The van der Waals surface area contributed by atoms with Crippen LogP contribution in [0.4, 0.5) is 0 Å². The third-order valence-electron chi connectivity index (χ3n) is 3.59. The van der Waals surface area contributed by atoms with Gasteiger partial charge in [0, 0.05) is 24.2 Å². The molecule has 1 aliphatic heterocycles. The molecule has 1 heterocycles. The lowest BCUT2D eigenvalue weighted by Gasteiger charge is -2.18. The predicted octanol–water partition coefficient (Wildman–Crippen LogP) is 2.35. The van der Waals surface area contributed by atoms with Crippen molar-refractivity contribution in [2.45, 2.75) is 25.2 Å². The van der Waals surface area contributed by atoms with Crippen LogP contribution in [0.25, 0.3) is 5.57 Å². The Morgan fingerprint density at radius 1 is 1.50 bits per heavy atom. The largest absolute Gasteiger partial charge is 0.495 e. The number of hydrogen-bond acceptors (Lipinski definition) is 4. The van der Waals surface area contributed by atoms with Crippen LogP contribution in [0.1, 0.15) is 25.8 Å². The summed E-state index contributed by atoms with van der Waals surface area (Å²) in [6, 6.07) is 5.58. The van der Waals surface area contributed by atoms with Gasteiger partial charge in [0.1, 0.15) is 5.75 Å². The van der Waals surface area contributed by atoms with E-state index in [4.69, 9.17) is 4.74 Å². The minimum absolute atomic E-state index is 0.0664. The molecule has 0 spiro atoms. The minimum Gasteiger partial charge on any atom is -0.495 e. The van der Waals surface area contributed by atoms with Gasteiger partial charge in [0.05, 0.1) is 28.5 Å². The summed E-state index contributed by atoms with van der Waals surface area (Å²) in [7, 11) is 0.448. The molecule has 1 aromatic carbocycles. The molecule has 1 amide bonds. The van der Waals surface area contributed by atoms with Crippen molar-refractivity contribution in [3.63, 3.8) is 0 Å². The first-order valence-corrected chi connectivity index (χ1v) is 8.55. The fraction of sp³-hybridized carbons (Fsp3) is 0.375. The Morgan fingerprint density at radius 2 is 2.23 bits per heavy atom. The fourth-order valence-corrected chi connectivity index (χ4v) is 3.13. The molecule has 0 saturated carbocycles. The number of carbonyl (C=O) groups is 1. The summed E-state index contributed by atoms with van der Waals surface area (Å²) in [6.45, 7) is 3.92. The molecule has 118 valence electrons. The van der Waals surface area contributed by atoms with E-state index in [1.165, 1.54) is 0 Å². The van der Waals surface area contributed by atoms with Crippen LogP contribution < -0.4 is 10.2 Å². The topological polar surface area (TPSA) is 67.8 Å². The minimum atomic E-state index is -1.13. The van der Waals surface area contributed by atoms with Gasteiger partial charge >= 0.3 is 0 Å². The first-order valence-electron chi connectivity index (χ1n) is 6.99. The molecule has 1 N–H and O–H groups in total. The maximum Gasteiger partial charge on any atom is 0.240 e. The second-order valence-corrected chi connectivity index (χ2v) is 6.64. The molecule has 2 rings (SSSR count). The molecule has 22 heavy (non-hydrogen) atoms. The third kappa shape index (κ3) is 3.44. The van der Waals surface area contributed by atoms with Crippen molar-refractivity contribution >= 4 is 28.0 Å². The highest BCUT2D eigenvalue weighted by atomic mass is 32.2. The summed E-state index contributed by atoms with van der Waals surface area (Å²) >= 11 is 0. The number of hydrazone groups is 1. The first kappa shape index (κ1) is 16.4. The monoisotopic (exact) mass is 320 g/mol. The number of ether oxygens (including phenoxy) is 1. The lowest BCUT2D eigenvalue weighted by atomic mass is 9.96. The van der Waals surface area contributed by atoms with Crippen molar-refractivity contribution < 1.29 is 13.7 Å². The SMILES string of the molecule is COc1c(C(C)=CC2=NNC(=O)CC2C)cccc1S(C)=O. The molecule has 2 atom stereocenters. The predicted molar refractivity (Wildman–Crippen MR) is 88.3 cm³/mol. The molecule has 0 fully saturated rings. The van der Waals surface area contributed by atoms with Gasteiger partial charge in [0.2, 0.25) is 5.91 Å². The van der Waals surface area contributed by atoms with E-state index < -0.39 is 10.8 Å². The van der Waals surface area contributed by atoms with Gasteiger partial charge in [-0.3, -0.25) is 9.00 Å². The number of allylic oxidation sites excluding steroid dienone is 2. The Balaban J connectivity index is 2.43. The molecular formula is C16H20N2O3S. The van der Waals surface area contributed by atoms with Gasteiger partial charge < -0.3 is 4.74 Å². The molecule has 0 bridgehead atoms. The second-order valence-electron chi connectivity index (χ2n) is 5.30. The number of methoxy groups -OCH3 is 1. The van der Waals surface area contributed by atoms with E-state index in [9.17, 15) is 9.00 Å². The molecule has 0 radical (unpaired) electrons. The number of nitrogens with one attached hydrogen (secondary N) is 1. The number of carbonyl (C=O) groups excluding carboxylic acids is 1. The Labute approximate surface area is 132 Å². The summed E-state index contributed by atoms with van der Waals surface area (Å²) < 4.78 is 17.3. The number of amides is 1. The van der Waals surface area contributed by atoms with Gasteiger partial charge in [-0.05, 0) is 24.6 Å². The summed E-state index contributed by atoms with van der Waals surface area (Å²) in [5.74, 6) is 0.617. The van der Waals surface area contributed by atoms with Crippen LogP contribution in [0.3, 0.4) is 0 Å². The van der Waals surface area contributed by atoms with Crippen molar-refractivity contribution in [3.8, 4) is 5.75 Å². The van der Waals surface area contributed by atoms with Crippen molar-refractivity contribution in [2.24, 2.45) is 11.0 Å². The van der Waals surface area contributed by atoms with Gasteiger partial charge in [-0.25, -0.2) is 5.43 Å². The van der Waals surface area contributed by atoms with E-state index >= 15 is 0 Å². The van der Waals surface area contributed by atoms with Gasteiger partial charge in [-0.2, -0.15) is 5.10 Å². The Hall–Kier alpha value is -1.95. The van der Waals surface area contributed by atoms with Gasteiger partial charge in [-0.15, -0.1) is 0 Å². The van der Waals surface area contributed by atoms with Crippen LogP contribution in [0.15, 0.2) is 34.3 Å². The second kappa shape index (κ2) is 6.87. The quantitative estimate of drug-likeness (QED) is 0.926. The van der Waals surface area contributed by atoms with E-state index in [0.717, 1.165) is 16.8 Å². The number of para-hydroxylation sites is 1. The highest BCUT2D eigenvalue weighted by Crippen LogP contribution is 2.32. The Morgan fingerprint density at radius 3 is 2.82 bits per heavy atom. The van der Waals surface area contributed by atoms with E-state index in [1.54, 1.807) is 19.4 Å². The lowest BCUT2D eigenvalue weighted by molar-refractivity contribution is -0.121. The van der Waals surface area contributed by atoms with E-state index in [0.29, 0.717) is 17.1 Å². The third-order valence-corrected chi connectivity index (χ3v) is 4.53. The fourth-order valence-electron chi connectivity index (χ4n) is 2.40. The van der Waals surface area contributed by atoms with Crippen molar-refractivity contribution in [2.75, 3.05) is 13.4 Å². The van der Waals surface area contributed by atoms with Crippen LogP contribution in [-0.2, 0) is 15.6 Å². The molecule has 2 unspecified atom stereocenters. The average Bonchev–Trinajstić information content (AvgIpc) is 2.49. The van der Waals surface area contributed by atoms with Crippen LogP contribution >= 0.6 is 0 Å². The number of benzene rings is 1. The zero-order chi connectivity index (χ0) is 16.3. The summed E-state index contributed by atoms with van der Waals surface area (Å²) in [4.78, 5) is 12.0. The number of rotatable bonds is 4. The summed E-state index contributed by atoms with van der Waals surface area (Å²) in [5, 5.41) is 4.11. The molecular weight excluding hydrogens is 300 g/mol. The zero-order valence-corrected chi connectivity index (χ0v) is 14.0. The van der Waals surface area contributed by atoms with Crippen LogP contribution in [0.2, 0.25) is 0 Å². The van der Waals surface area contributed by atoms with Crippen molar-refractivity contribution in [1.82, 2.24) is 5.43 Å². The molecule has 0 saturated heterocycles. The van der Waals surface area contributed by atoms with Crippen LogP contribution in [0, 0.1) is 5.92 Å². The van der Waals surface area contributed by atoms with E-state index in [1.807, 2.05) is 32.1 Å². The van der Waals surface area contributed by atoms with E-state index in [-0.39, 0.29) is 11.8 Å². The first-order chi connectivity index (χ1) is 10.4. The molecule has 5 nitrogen and oxygen atoms in total. The summed E-state index contributed by atoms with van der Waals surface area (Å²) in [6.07, 6.45) is 3.99. The summed E-state index contributed by atoms with van der Waals surface area (Å²) in [5.41, 5.74) is 5.15. The zero-order valence-electron chi connectivity index (χ0n) is 13.2. The van der Waals surface area contributed by atoms with Gasteiger partial charge in [-0.1, -0.05) is 19.1 Å². The smallest absolute Gasteiger partial charge is 0.240 e. The average molecular weight is 320 g/mol. The normalized spacial score (nSPS) is 20.2. The molecule has 6 heteroatoms. The number of nitrogens with zero attached hydrogens (tertiary/aromatic N) is 1. The maximum absolute atomic E-state index is 11.8. The van der Waals surface area contributed by atoms with Crippen molar-refractivity contribution in [3.05, 3.63) is 29.8 Å². The van der Waals surface area contributed by atoms with Crippen LogP contribution in [-0.4, -0.2) is 29.2 Å². The number of hydrogen-bond donors (Lipinski definition) is 1. The van der Waals surface area contributed by atoms with E-state index in [2.05, 4.69) is 10.5 Å².